The fourth-order valence-electron chi connectivity index (χ4n) is 0.374. The van der Waals surface area contributed by atoms with Crippen LogP contribution in [-0.4, -0.2) is 23.0 Å². The molecule has 0 radical (unpaired) electrons. The molecule has 4 nitrogen and oxygen atoms in total. The Hall–Kier alpha value is 1.27. The maximum absolute atomic E-state index is 8.74. The van der Waals surface area contributed by atoms with Gasteiger partial charge < -0.3 is 1.43 Å². The maximum atomic E-state index is 8.74. The van der Waals surface area contributed by atoms with Gasteiger partial charge in [-0.1, -0.05) is 0 Å². The second-order valence-electron chi connectivity index (χ2n) is 1.33. The Kier molecular flexibility index (Phi) is 9.61. The summed E-state index contributed by atoms with van der Waals surface area (Å²) in [5, 5.41) is 0. The van der Waals surface area contributed by atoms with Gasteiger partial charge in [0.15, 0.2) is 0 Å². The Balaban J connectivity index is -0.000000320. The van der Waals surface area contributed by atoms with Gasteiger partial charge in [0, 0.05) is 0 Å². The predicted octanol–water partition coefficient (Wildman–Crippen LogP) is -2.16. The molecular weight excluding hydrogens is 166 g/mol. The van der Waals surface area contributed by atoms with E-state index in [2.05, 4.69) is 9.05 Å². The Morgan fingerprint density at radius 2 is 1.50 bits per heavy atom. The predicted molar refractivity (Wildman–Crippen MR) is 35.7 cm³/mol. The second-order valence-corrected chi connectivity index (χ2v) is 2.82. The summed E-state index contributed by atoms with van der Waals surface area (Å²) >= 11 is 0. The van der Waals surface area contributed by atoms with E-state index in [1.54, 1.807) is 13.8 Å². The first kappa shape index (κ1) is 13.8. The van der Waals surface area contributed by atoms with Gasteiger partial charge in [-0.3, -0.25) is 0 Å². The van der Waals surface area contributed by atoms with E-state index in [0.717, 1.165) is 0 Å². The minimum atomic E-state index is -3.44. The van der Waals surface area contributed by atoms with Gasteiger partial charge in [-0.05, 0) is 13.8 Å². The van der Waals surface area contributed by atoms with Crippen molar-refractivity contribution in [3.05, 3.63) is 0 Å². The molecule has 0 aromatic heterocycles. The first-order chi connectivity index (χ1) is 4.12. The van der Waals surface area contributed by atoms with Crippen molar-refractivity contribution in [2.24, 2.45) is 0 Å². The summed E-state index contributed by atoms with van der Waals surface area (Å²) in [7, 11) is -3.44. The van der Waals surface area contributed by atoms with Gasteiger partial charge in [-0.15, -0.1) is 0 Å². The average Bonchev–Trinajstić information content (AvgIpc) is 1.64. The van der Waals surface area contributed by atoms with E-state index >= 15 is 0 Å². The molecule has 0 aromatic rings. The summed E-state index contributed by atoms with van der Waals surface area (Å²) in [5.74, 6) is 0. The van der Waals surface area contributed by atoms with Crippen LogP contribution in [0.3, 0.4) is 0 Å². The van der Waals surface area contributed by atoms with E-state index in [4.69, 9.17) is 9.79 Å². The van der Waals surface area contributed by atoms with Crippen LogP contribution in [0.25, 0.3) is 0 Å². The van der Waals surface area contributed by atoms with E-state index in [1.165, 1.54) is 0 Å². The van der Waals surface area contributed by atoms with Gasteiger partial charge in [0.1, 0.15) is 0 Å². The molecule has 58 valence electrons. The molecule has 0 aliphatic carbocycles. The summed E-state index contributed by atoms with van der Waals surface area (Å²) in [6.07, 6.45) is 0. The van der Waals surface area contributed by atoms with Gasteiger partial charge in [-0.25, -0.2) is 0 Å². The number of rotatable bonds is 4. The van der Waals surface area contributed by atoms with Crippen LogP contribution in [0.2, 0.25) is 0 Å². The van der Waals surface area contributed by atoms with Gasteiger partial charge in [-0.2, -0.15) is 18.8 Å². The molecule has 0 bridgehead atoms. The van der Waals surface area contributed by atoms with E-state index in [9.17, 15) is 0 Å². The summed E-state index contributed by atoms with van der Waals surface area (Å²) in [5.41, 5.74) is 0. The molecule has 2 N–H and O–H groups in total. The van der Waals surface area contributed by atoms with Crippen LogP contribution in [0.15, 0.2) is 0 Å². The van der Waals surface area contributed by atoms with Crippen LogP contribution in [0.4, 0.5) is 0 Å². The largest absolute Gasteiger partial charge is 1.00 e. The topological polar surface area (TPSA) is 58.9 Å². The van der Waals surface area contributed by atoms with Crippen molar-refractivity contribution in [1.29, 1.82) is 0 Å². The zero-order chi connectivity index (χ0) is 7.33. The molecule has 0 aliphatic heterocycles. The van der Waals surface area contributed by atoms with Crippen molar-refractivity contribution >= 4 is 8.17 Å². The van der Waals surface area contributed by atoms with Crippen molar-refractivity contribution in [2.45, 2.75) is 13.8 Å². The molecule has 0 heterocycles. The summed E-state index contributed by atoms with van der Waals surface area (Å²) in [4.78, 5) is 17.5. The van der Waals surface area contributed by atoms with Crippen LogP contribution in [0.5, 0.6) is 0 Å². The maximum Gasteiger partial charge on any atom is 1.00 e. The second kappa shape index (κ2) is 6.95. The Morgan fingerprint density at radius 3 is 1.70 bits per heavy atom. The normalized spacial score (nSPS) is 10.8. The molecule has 0 saturated heterocycles. The van der Waals surface area contributed by atoms with Gasteiger partial charge in [0.2, 0.25) is 0 Å². The molecule has 0 aromatic carbocycles. The van der Waals surface area contributed by atoms with Gasteiger partial charge in [0.05, 0.1) is 13.2 Å². The van der Waals surface area contributed by atoms with Crippen molar-refractivity contribution in [3.63, 3.8) is 0 Å². The monoisotopic (exact) mass is 179 g/mol. The van der Waals surface area contributed by atoms with Crippen LogP contribution in [-0.2, 0) is 9.05 Å². The molecule has 0 atom stereocenters. The minimum absolute atomic E-state index is 0. The van der Waals surface area contributed by atoms with Gasteiger partial charge in [0.25, 0.3) is 0 Å². The minimum Gasteiger partial charge on any atom is -1.00 e. The first-order valence-electron chi connectivity index (χ1n) is 2.76. The number of hydrogen-bond donors (Lipinski definition) is 2. The van der Waals surface area contributed by atoms with Crippen molar-refractivity contribution < 1.29 is 49.8 Å². The summed E-state index contributed by atoms with van der Waals surface area (Å²) in [6, 6.07) is 0. The fourth-order valence-corrected chi connectivity index (χ4v) is 1.12. The molecular formula is C4H13NaO4P+. The van der Waals surface area contributed by atoms with Crippen LogP contribution < -0.4 is 29.6 Å². The van der Waals surface area contributed by atoms with Crippen molar-refractivity contribution in [1.82, 2.24) is 0 Å². The molecule has 0 fully saturated rings. The molecule has 10 heavy (non-hydrogen) atoms. The molecule has 0 aliphatic rings. The fraction of sp³-hybridized carbons (Fsp3) is 1.00. The van der Waals surface area contributed by atoms with Crippen LogP contribution in [0.1, 0.15) is 15.3 Å². The summed E-state index contributed by atoms with van der Waals surface area (Å²) in [6.45, 7) is 3.84. The van der Waals surface area contributed by atoms with E-state index < -0.39 is 8.17 Å². The van der Waals surface area contributed by atoms with Crippen molar-refractivity contribution in [3.8, 4) is 0 Å². The third-order valence-corrected chi connectivity index (χ3v) is 1.78. The molecule has 0 amide bonds. The Morgan fingerprint density at radius 1 is 1.20 bits per heavy atom. The zero-order valence-corrected chi connectivity index (χ0v) is 9.47. The van der Waals surface area contributed by atoms with E-state index in [1.807, 2.05) is 0 Å². The van der Waals surface area contributed by atoms with E-state index in [0.29, 0.717) is 0 Å². The third kappa shape index (κ3) is 7.38. The third-order valence-electron chi connectivity index (χ3n) is 0.595. The van der Waals surface area contributed by atoms with Crippen molar-refractivity contribution in [2.75, 3.05) is 13.2 Å². The van der Waals surface area contributed by atoms with Crippen LogP contribution >= 0.6 is 8.17 Å². The smallest absolute Gasteiger partial charge is 1.00 e. The zero-order valence-electron chi connectivity index (χ0n) is 7.57. The molecule has 0 spiro atoms. The van der Waals surface area contributed by atoms with Gasteiger partial charge >= 0.3 is 37.7 Å². The quantitative estimate of drug-likeness (QED) is 0.381. The van der Waals surface area contributed by atoms with E-state index in [-0.39, 0.29) is 44.2 Å². The SMILES string of the molecule is CCO[P+](O)(O)OCC.[H-].[Na+]. The Labute approximate surface area is 85.0 Å². The average molecular weight is 179 g/mol. The summed E-state index contributed by atoms with van der Waals surface area (Å²) < 4.78 is 8.94. The molecule has 6 heteroatoms. The number of hydrogen-bond acceptors (Lipinski definition) is 4. The molecule has 0 rings (SSSR count). The molecule has 0 saturated carbocycles. The van der Waals surface area contributed by atoms with Crippen LogP contribution in [0, 0.1) is 0 Å². The standard InChI is InChI=1S/C4H12O4P.Na.H/c1-3-7-9(5,6)8-4-2;;/h5-6H,3-4H2,1-2H3;;/q2*+1;-1. The first-order valence-corrected chi connectivity index (χ1v) is 4.29. The molecule has 0 unspecified atom stereocenters. The Bertz CT molecular complexity index is 76.5.